The zero-order valence-electron chi connectivity index (χ0n) is 35.8. The molecule has 0 aliphatic rings. The van der Waals surface area contributed by atoms with E-state index in [1.807, 2.05) is 24.5 Å². The maximum absolute atomic E-state index is 10.4. The Morgan fingerprint density at radius 1 is 0.419 bits per heavy atom. The summed E-state index contributed by atoms with van der Waals surface area (Å²) in [6.45, 7) is 13.5. The first-order chi connectivity index (χ1) is 30.0. The van der Waals surface area contributed by atoms with E-state index in [2.05, 4.69) is 196 Å². The Morgan fingerprint density at radius 2 is 0.855 bits per heavy atom. The highest BCUT2D eigenvalue weighted by Crippen LogP contribution is 2.46. The normalized spacial score (nSPS) is 12.0. The van der Waals surface area contributed by atoms with Crippen molar-refractivity contribution >= 4 is 43.6 Å². The summed E-state index contributed by atoms with van der Waals surface area (Å²) in [5.41, 5.74) is 15.3. The highest BCUT2D eigenvalue weighted by Gasteiger charge is 2.25. The van der Waals surface area contributed by atoms with Crippen molar-refractivity contribution < 1.29 is 0 Å². The number of hydrogen-bond donors (Lipinski definition) is 0. The van der Waals surface area contributed by atoms with Crippen LogP contribution in [0, 0.1) is 22.7 Å². The van der Waals surface area contributed by atoms with E-state index in [9.17, 15) is 10.5 Å². The lowest BCUT2D eigenvalue weighted by atomic mass is 9.86. The first-order valence-electron chi connectivity index (χ1n) is 21.2. The Morgan fingerprint density at radius 3 is 1.32 bits per heavy atom. The van der Waals surface area contributed by atoms with Gasteiger partial charge in [0, 0.05) is 61.8 Å². The minimum atomic E-state index is -0.00935. The fourth-order valence-corrected chi connectivity index (χ4v) is 9.26. The monoisotopic (exact) mass is 799 g/mol. The summed E-state index contributed by atoms with van der Waals surface area (Å²) in [4.78, 5) is 5.04. The van der Waals surface area contributed by atoms with E-state index in [1.54, 1.807) is 6.07 Å². The maximum atomic E-state index is 10.4. The fourth-order valence-electron chi connectivity index (χ4n) is 9.26. The molecule has 0 radical (unpaired) electrons. The van der Waals surface area contributed by atoms with Gasteiger partial charge in [-0.25, -0.2) is 0 Å². The Bertz CT molecular complexity index is 3320. The number of fused-ring (bicyclic) bond motifs is 6. The number of hydrogen-bond acceptors (Lipinski definition) is 3. The third-order valence-electron chi connectivity index (χ3n) is 12.4. The van der Waals surface area contributed by atoms with Crippen LogP contribution >= 0.6 is 0 Å². The second-order valence-corrected chi connectivity index (χ2v) is 18.3. The number of aromatic nitrogens is 3. The van der Waals surface area contributed by atoms with Crippen LogP contribution in [0.2, 0.25) is 0 Å². The van der Waals surface area contributed by atoms with Crippen LogP contribution in [-0.2, 0) is 10.8 Å². The Balaban J connectivity index is 1.28. The van der Waals surface area contributed by atoms with E-state index in [-0.39, 0.29) is 10.8 Å². The van der Waals surface area contributed by atoms with Crippen molar-refractivity contribution in [1.82, 2.24) is 14.1 Å². The molecule has 0 saturated heterocycles. The van der Waals surface area contributed by atoms with Gasteiger partial charge in [-0.15, -0.1) is 0 Å². The Hall–Kier alpha value is -7.73. The Labute approximate surface area is 362 Å². The van der Waals surface area contributed by atoms with Crippen molar-refractivity contribution in [2.45, 2.75) is 52.4 Å². The summed E-state index contributed by atoms with van der Waals surface area (Å²) < 4.78 is 4.75. The summed E-state index contributed by atoms with van der Waals surface area (Å²) in [6, 6.07) is 58.2. The topological polar surface area (TPSA) is 70.3 Å². The van der Waals surface area contributed by atoms with Gasteiger partial charge in [0.05, 0.1) is 44.6 Å². The van der Waals surface area contributed by atoms with Gasteiger partial charge in [0.25, 0.3) is 0 Å². The van der Waals surface area contributed by atoms with Gasteiger partial charge in [-0.05, 0) is 88.2 Å². The standard InChI is InChI=1S/C57H45N5/c1-56(2,3)39-25-27-53-45(30-39)41-15-7-11-19-49(41)61(53)51-21-13-9-17-43(51)47-34-60-35-48(55(47)36-23-24-37(32-58)38(29-36)33-59)44-18-10-14-22-52(44)62-50-20-12-8-16-42(50)46-31-40(57(4,5)6)26-28-54(46)62/h7-31,34-35H,1-6H3. The minimum absolute atomic E-state index is 0.00935. The number of nitrogens with zero attached hydrogens (tertiary/aromatic N) is 5. The third-order valence-corrected chi connectivity index (χ3v) is 12.4. The number of para-hydroxylation sites is 4. The van der Waals surface area contributed by atoms with Gasteiger partial charge in [0.2, 0.25) is 0 Å². The van der Waals surface area contributed by atoms with Crippen LogP contribution < -0.4 is 0 Å². The minimum Gasteiger partial charge on any atom is -0.309 e. The summed E-state index contributed by atoms with van der Waals surface area (Å²) in [6.07, 6.45) is 3.90. The molecule has 10 rings (SSSR count). The van der Waals surface area contributed by atoms with Gasteiger partial charge in [0.15, 0.2) is 0 Å². The van der Waals surface area contributed by atoms with E-state index < -0.39 is 0 Å². The molecule has 3 heterocycles. The van der Waals surface area contributed by atoms with Gasteiger partial charge < -0.3 is 9.13 Å². The molecule has 0 saturated carbocycles. The molecule has 0 bridgehead atoms. The molecule has 62 heavy (non-hydrogen) atoms. The molecule has 5 nitrogen and oxygen atoms in total. The first-order valence-corrected chi connectivity index (χ1v) is 21.2. The second-order valence-electron chi connectivity index (χ2n) is 18.3. The fraction of sp³-hybridized carbons (Fsp3) is 0.140. The summed E-state index contributed by atoms with van der Waals surface area (Å²) in [7, 11) is 0. The molecular formula is C57H45N5. The molecule has 0 aliphatic carbocycles. The molecule has 0 fully saturated rings. The van der Waals surface area contributed by atoms with Gasteiger partial charge in [0.1, 0.15) is 12.1 Å². The molecule has 10 aromatic rings. The van der Waals surface area contributed by atoms with E-state index in [4.69, 9.17) is 4.98 Å². The number of pyridine rings is 1. The zero-order chi connectivity index (χ0) is 42.9. The Kier molecular flexibility index (Phi) is 8.98. The largest absolute Gasteiger partial charge is 0.309 e. The van der Waals surface area contributed by atoms with Crippen LogP contribution in [0.3, 0.4) is 0 Å². The lowest BCUT2D eigenvalue weighted by Gasteiger charge is -2.22. The zero-order valence-corrected chi connectivity index (χ0v) is 35.8. The van der Waals surface area contributed by atoms with Crippen LogP contribution in [0.1, 0.15) is 63.8 Å². The molecule has 0 unspecified atom stereocenters. The smallest absolute Gasteiger partial charge is 0.101 e. The molecule has 0 amide bonds. The SMILES string of the molecule is CC(C)(C)c1ccc2c(c1)c1ccccc1n2-c1ccccc1-c1cncc(-c2ccccc2-n2c3ccccc3c3cc(C(C)(C)C)ccc32)c1-c1ccc(C#N)c(C#N)c1. The van der Waals surface area contributed by atoms with E-state index in [1.165, 1.54) is 32.7 Å². The lowest BCUT2D eigenvalue weighted by Crippen LogP contribution is -2.10. The number of nitriles is 2. The van der Waals surface area contributed by atoms with Crippen molar-refractivity contribution in [2.75, 3.05) is 0 Å². The molecular weight excluding hydrogens is 755 g/mol. The maximum Gasteiger partial charge on any atom is 0.101 e. The van der Waals surface area contributed by atoms with Gasteiger partial charge >= 0.3 is 0 Å². The molecule has 298 valence electrons. The average Bonchev–Trinajstić information content (AvgIpc) is 3.80. The highest BCUT2D eigenvalue weighted by molar-refractivity contribution is 6.12. The van der Waals surface area contributed by atoms with Crippen molar-refractivity contribution in [2.24, 2.45) is 0 Å². The first kappa shape index (κ1) is 38.5. The quantitative estimate of drug-likeness (QED) is 0.174. The van der Waals surface area contributed by atoms with Gasteiger partial charge in [-0.2, -0.15) is 10.5 Å². The summed E-state index contributed by atoms with van der Waals surface area (Å²) in [5, 5.41) is 25.2. The number of benzene rings is 7. The van der Waals surface area contributed by atoms with Crippen molar-refractivity contribution in [3.8, 4) is 56.9 Å². The van der Waals surface area contributed by atoms with Crippen molar-refractivity contribution in [3.05, 3.63) is 186 Å². The van der Waals surface area contributed by atoms with E-state index in [0.717, 1.165) is 66.8 Å². The van der Waals surface area contributed by atoms with Crippen LogP contribution in [0.15, 0.2) is 164 Å². The molecule has 0 aliphatic heterocycles. The lowest BCUT2D eigenvalue weighted by molar-refractivity contribution is 0.591. The summed E-state index contributed by atoms with van der Waals surface area (Å²) in [5.74, 6) is 0. The molecule has 0 spiro atoms. The van der Waals surface area contributed by atoms with Crippen LogP contribution in [0.25, 0.3) is 88.4 Å². The molecule has 0 atom stereocenters. The number of rotatable bonds is 5. The summed E-state index contributed by atoms with van der Waals surface area (Å²) >= 11 is 0. The van der Waals surface area contributed by atoms with Gasteiger partial charge in [-0.1, -0.05) is 133 Å². The predicted octanol–water partition coefficient (Wildman–Crippen LogP) is 14.6. The van der Waals surface area contributed by atoms with E-state index >= 15 is 0 Å². The predicted molar refractivity (Wildman–Crippen MR) is 256 cm³/mol. The third kappa shape index (κ3) is 6.17. The molecule has 5 heteroatoms. The van der Waals surface area contributed by atoms with Gasteiger partial charge in [-0.3, -0.25) is 4.98 Å². The molecule has 3 aromatic heterocycles. The van der Waals surface area contributed by atoms with Crippen LogP contribution in [0.5, 0.6) is 0 Å². The highest BCUT2D eigenvalue weighted by atomic mass is 15.0. The second kappa shape index (κ2) is 14.5. The van der Waals surface area contributed by atoms with Crippen molar-refractivity contribution in [1.29, 1.82) is 10.5 Å². The van der Waals surface area contributed by atoms with Crippen LogP contribution in [-0.4, -0.2) is 14.1 Å². The van der Waals surface area contributed by atoms with Crippen LogP contribution in [0.4, 0.5) is 0 Å². The average molecular weight is 800 g/mol. The molecule has 0 N–H and O–H groups in total. The van der Waals surface area contributed by atoms with Crippen molar-refractivity contribution in [3.63, 3.8) is 0 Å². The van der Waals surface area contributed by atoms with E-state index in [0.29, 0.717) is 11.1 Å². The molecule has 7 aromatic carbocycles.